The number of halogens is 1. The number of hydrogen-bond donors (Lipinski definition) is 0. The first-order valence-electron chi connectivity index (χ1n) is 5.75. The number of carbonyl (C=O) groups is 1. The molecule has 0 saturated carbocycles. The minimum absolute atomic E-state index is 0.0399. The molecule has 0 spiro atoms. The van der Waals surface area contributed by atoms with E-state index in [4.69, 9.17) is 5.26 Å². The van der Waals surface area contributed by atoms with Crippen molar-refractivity contribution in [1.29, 1.82) is 5.26 Å². The molecule has 1 heterocycles. The zero-order chi connectivity index (χ0) is 13.1. The molecular weight excluding hydrogens is 233 g/mol. The van der Waals surface area contributed by atoms with Gasteiger partial charge in [-0.1, -0.05) is 0 Å². The summed E-state index contributed by atoms with van der Waals surface area (Å²) in [7, 11) is 1.76. The summed E-state index contributed by atoms with van der Waals surface area (Å²) in [5.74, 6) is -0.293. The van der Waals surface area contributed by atoms with Crippen molar-refractivity contribution < 1.29 is 9.18 Å². The third kappa shape index (κ3) is 2.66. The van der Waals surface area contributed by atoms with Gasteiger partial charge in [0.25, 0.3) is 0 Å². The van der Waals surface area contributed by atoms with Crippen molar-refractivity contribution in [3.05, 3.63) is 35.1 Å². The van der Waals surface area contributed by atoms with Crippen molar-refractivity contribution in [3.8, 4) is 6.07 Å². The maximum Gasteiger partial charge on any atom is 0.236 e. The third-order valence-electron chi connectivity index (χ3n) is 3.11. The number of hydrogen-bond acceptors (Lipinski definition) is 3. The van der Waals surface area contributed by atoms with Crippen LogP contribution in [0.4, 0.5) is 4.39 Å². The Morgan fingerprint density at radius 1 is 1.44 bits per heavy atom. The van der Waals surface area contributed by atoms with Gasteiger partial charge in [0.15, 0.2) is 0 Å². The van der Waals surface area contributed by atoms with Gasteiger partial charge >= 0.3 is 0 Å². The van der Waals surface area contributed by atoms with Gasteiger partial charge in [-0.15, -0.1) is 0 Å². The summed E-state index contributed by atoms with van der Waals surface area (Å²) in [6.45, 7) is 2.03. The Bertz CT molecular complexity index is 509. The average molecular weight is 247 g/mol. The fourth-order valence-electron chi connectivity index (χ4n) is 1.95. The van der Waals surface area contributed by atoms with Gasteiger partial charge in [0.2, 0.25) is 5.91 Å². The Morgan fingerprint density at radius 3 is 2.89 bits per heavy atom. The van der Waals surface area contributed by atoms with Gasteiger partial charge in [-0.05, 0) is 18.2 Å². The van der Waals surface area contributed by atoms with E-state index in [0.717, 1.165) is 6.54 Å². The number of piperazine rings is 1. The van der Waals surface area contributed by atoms with E-state index in [-0.39, 0.29) is 11.7 Å². The van der Waals surface area contributed by atoms with Crippen LogP contribution in [0, 0.1) is 17.1 Å². The third-order valence-corrected chi connectivity index (χ3v) is 3.11. The summed E-state index contributed by atoms with van der Waals surface area (Å²) < 4.78 is 13.6. The summed E-state index contributed by atoms with van der Waals surface area (Å²) in [5, 5.41) is 8.79. The molecular formula is C13H14FN3O. The molecule has 0 unspecified atom stereocenters. The molecule has 1 fully saturated rings. The van der Waals surface area contributed by atoms with Gasteiger partial charge in [-0.2, -0.15) is 5.26 Å². The van der Waals surface area contributed by atoms with Crippen molar-refractivity contribution in [2.24, 2.45) is 0 Å². The lowest BCUT2D eigenvalue weighted by molar-refractivity contribution is -0.134. The maximum atomic E-state index is 13.6. The molecule has 0 radical (unpaired) electrons. The van der Waals surface area contributed by atoms with Crippen LogP contribution in [-0.2, 0) is 11.3 Å². The van der Waals surface area contributed by atoms with Crippen LogP contribution in [-0.4, -0.2) is 42.4 Å². The van der Waals surface area contributed by atoms with Crippen molar-refractivity contribution in [2.45, 2.75) is 6.54 Å². The van der Waals surface area contributed by atoms with E-state index in [1.165, 1.54) is 18.2 Å². The number of nitrogens with zero attached hydrogens (tertiary/aromatic N) is 3. The van der Waals surface area contributed by atoms with E-state index in [2.05, 4.69) is 0 Å². The van der Waals surface area contributed by atoms with Gasteiger partial charge in [0.05, 0.1) is 18.2 Å². The Labute approximate surface area is 105 Å². The molecule has 5 heteroatoms. The van der Waals surface area contributed by atoms with Gasteiger partial charge in [-0.25, -0.2) is 4.39 Å². The van der Waals surface area contributed by atoms with Crippen molar-refractivity contribution in [1.82, 2.24) is 9.80 Å². The first-order valence-corrected chi connectivity index (χ1v) is 5.75. The van der Waals surface area contributed by atoms with E-state index in [1.54, 1.807) is 11.9 Å². The van der Waals surface area contributed by atoms with Crippen LogP contribution >= 0.6 is 0 Å². The Balaban J connectivity index is 2.10. The quantitative estimate of drug-likeness (QED) is 0.782. The molecule has 0 aliphatic carbocycles. The highest BCUT2D eigenvalue weighted by atomic mass is 19.1. The normalized spacial score (nSPS) is 16.7. The zero-order valence-electron chi connectivity index (χ0n) is 10.2. The van der Waals surface area contributed by atoms with Crippen LogP contribution in [0.1, 0.15) is 11.1 Å². The average Bonchev–Trinajstić information content (AvgIpc) is 2.36. The summed E-state index contributed by atoms with van der Waals surface area (Å²) in [6.07, 6.45) is 0. The number of benzene rings is 1. The Kier molecular flexibility index (Phi) is 3.58. The van der Waals surface area contributed by atoms with E-state index in [9.17, 15) is 9.18 Å². The number of amides is 1. The second-order valence-corrected chi connectivity index (χ2v) is 4.44. The molecule has 94 valence electrons. The van der Waals surface area contributed by atoms with Crippen LogP contribution in [0.15, 0.2) is 18.2 Å². The lowest BCUT2D eigenvalue weighted by Crippen LogP contribution is -2.48. The fraction of sp³-hybridized carbons (Fsp3) is 0.385. The highest BCUT2D eigenvalue weighted by Crippen LogP contribution is 2.14. The van der Waals surface area contributed by atoms with Crippen molar-refractivity contribution in [3.63, 3.8) is 0 Å². The maximum absolute atomic E-state index is 13.6. The molecule has 1 saturated heterocycles. The highest BCUT2D eigenvalue weighted by Gasteiger charge is 2.21. The number of nitriles is 1. The number of likely N-dealkylation sites (N-methyl/N-ethyl adjacent to an activating group) is 1. The minimum atomic E-state index is -0.333. The summed E-state index contributed by atoms with van der Waals surface area (Å²) in [5.41, 5.74) is 0.901. The van der Waals surface area contributed by atoms with Crippen molar-refractivity contribution >= 4 is 5.91 Å². The minimum Gasteiger partial charge on any atom is -0.343 e. The molecule has 4 nitrogen and oxygen atoms in total. The predicted octanol–water partition coefficient (Wildman–Crippen LogP) is 0.971. The fourth-order valence-corrected chi connectivity index (χ4v) is 1.95. The monoisotopic (exact) mass is 247 g/mol. The van der Waals surface area contributed by atoms with Crippen LogP contribution in [0.5, 0.6) is 0 Å². The van der Waals surface area contributed by atoms with Crippen LogP contribution in [0.25, 0.3) is 0 Å². The Morgan fingerprint density at radius 2 is 2.22 bits per heavy atom. The van der Waals surface area contributed by atoms with E-state index in [0.29, 0.717) is 30.8 Å². The summed E-state index contributed by atoms with van der Waals surface area (Å²) in [4.78, 5) is 15.1. The van der Waals surface area contributed by atoms with E-state index < -0.39 is 0 Å². The topological polar surface area (TPSA) is 47.3 Å². The van der Waals surface area contributed by atoms with Gasteiger partial charge in [0.1, 0.15) is 5.82 Å². The molecule has 0 aromatic heterocycles. The summed E-state index contributed by atoms with van der Waals surface area (Å²) >= 11 is 0. The molecule has 0 N–H and O–H groups in total. The van der Waals surface area contributed by atoms with Crippen LogP contribution < -0.4 is 0 Å². The molecule has 0 bridgehead atoms. The van der Waals surface area contributed by atoms with Gasteiger partial charge < -0.3 is 4.90 Å². The molecule has 1 aliphatic rings. The first-order chi connectivity index (χ1) is 8.60. The lowest BCUT2D eigenvalue weighted by Gasteiger charge is -2.31. The SMILES string of the molecule is CN1CCN(Cc2cc(C#N)ccc2F)CC1=O. The molecule has 2 rings (SSSR count). The standard InChI is InChI=1S/C13H14FN3O/c1-16-4-5-17(9-13(16)18)8-11-6-10(7-15)2-3-12(11)14/h2-3,6H,4-5,8-9H2,1H3. The van der Waals surface area contributed by atoms with Crippen LogP contribution in [0.2, 0.25) is 0 Å². The second-order valence-electron chi connectivity index (χ2n) is 4.44. The Hall–Kier alpha value is -1.93. The van der Waals surface area contributed by atoms with Gasteiger partial charge in [0, 0.05) is 32.2 Å². The molecule has 0 atom stereocenters. The van der Waals surface area contributed by atoms with Gasteiger partial charge in [-0.3, -0.25) is 9.69 Å². The molecule has 18 heavy (non-hydrogen) atoms. The number of carbonyl (C=O) groups excluding carboxylic acids is 1. The molecule has 1 amide bonds. The largest absolute Gasteiger partial charge is 0.343 e. The molecule has 1 aromatic carbocycles. The van der Waals surface area contributed by atoms with E-state index in [1.807, 2.05) is 11.0 Å². The van der Waals surface area contributed by atoms with Crippen molar-refractivity contribution in [2.75, 3.05) is 26.7 Å². The zero-order valence-corrected chi connectivity index (χ0v) is 10.2. The number of rotatable bonds is 2. The smallest absolute Gasteiger partial charge is 0.236 e. The second kappa shape index (κ2) is 5.15. The van der Waals surface area contributed by atoms with Crippen LogP contribution in [0.3, 0.4) is 0 Å². The molecule has 1 aromatic rings. The highest BCUT2D eigenvalue weighted by molar-refractivity contribution is 5.78. The predicted molar refractivity (Wildman–Crippen MR) is 64.0 cm³/mol. The first kappa shape index (κ1) is 12.5. The molecule has 1 aliphatic heterocycles. The van der Waals surface area contributed by atoms with E-state index >= 15 is 0 Å². The lowest BCUT2D eigenvalue weighted by atomic mass is 10.1. The summed E-state index contributed by atoms with van der Waals surface area (Å²) in [6, 6.07) is 6.28.